The molecule has 5 heteroatoms. The number of nitrogens with one attached hydrogen (secondary N) is 1. The molecule has 4 nitrogen and oxygen atoms in total. The highest BCUT2D eigenvalue weighted by Gasteiger charge is 2.07. The molecule has 2 rings (SSSR count). The van der Waals surface area contributed by atoms with Gasteiger partial charge in [0.05, 0.1) is 5.69 Å². The molecule has 0 saturated carbocycles. The van der Waals surface area contributed by atoms with Crippen LogP contribution in [0, 0.1) is 0 Å². The quantitative estimate of drug-likeness (QED) is 0.912. The van der Waals surface area contributed by atoms with E-state index in [2.05, 4.69) is 15.3 Å². The fraction of sp³-hybridized carbons (Fsp3) is 0.357. The van der Waals surface area contributed by atoms with Gasteiger partial charge >= 0.3 is 0 Å². The fourth-order valence-electron chi connectivity index (χ4n) is 1.68. The van der Waals surface area contributed by atoms with Crippen LogP contribution in [0.5, 0.6) is 0 Å². The van der Waals surface area contributed by atoms with E-state index in [-0.39, 0.29) is 11.9 Å². The number of rotatable bonds is 5. The van der Waals surface area contributed by atoms with Crippen molar-refractivity contribution in [2.45, 2.75) is 32.7 Å². The normalized spacial score (nSPS) is 10.7. The first-order valence-corrected chi connectivity index (χ1v) is 7.17. The van der Waals surface area contributed by atoms with E-state index in [0.717, 1.165) is 16.3 Å². The molecular weight excluding hydrogens is 258 g/mol. The van der Waals surface area contributed by atoms with Gasteiger partial charge < -0.3 is 5.32 Å². The molecule has 19 heavy (non-hydrogen) atoms. The first-order valence-electron chi connectivity index (χ1n) is 6.29. The number of carbonyl (C=O) groups excluding carboxylic acids is 1. The average molecular weight is 275 g/mol. The summed E-state index contributed by atoms with van der Waals surface area (Å²) in [6, 6.07) is 4.07. The molecule has 1 amide bonds. The van der Waals surface area contributed by atoms with Crippen LogP contribution >= 0.6 is 11.3 Å². The minimum absolute atomic E-state index is 0.0773. The van der Waals surface area contributed by atoms with Gasteiger partial charge in [0.25, 0.3) is 0 Å². The van der Waals surface area contributed by atoms with Crippen LogP contribution in [0.3, 0.4) is 0 Å². The topological polar surface area (TPSA) is 54.9 Å². The maximum Gasteiger partial charge on any atom is 0.220 e. The van der Waals surface area contributed by atoms with Gasteiger partial charge in [-0.1, -0.05) is 0 Å². The summed E-state index contributed by atoms with van der Waals surface area (Å²) in [6.07, 6.45) is 4.68. The van der Waals surface area contributed by atoms with Crippen molar-refractivity contribution in [2.24, 2.45) is 0 Å². The number of hydrogen-bond donors (Lipinski definition) is 1. The Kier molecular flexibility index (Phi) is 4.63. The first-order chi connectivity index (χ1) is 9.15. The molecule has 0 aliphatic rings. The summed E-state index contributed by atoms with van der Waals surface area (Å²) in [6.45, 7) is 3.92. The van der Waals surface area contributed by atoms with Crippen molar-refractivity contribution in [1.29, 1.82) is 0 Å². The molecule has 0 unspecified atom stereocenters. The number of hydrogen-bond acceptors (Lipinski definition) is 4. The number of carbonyl (C=O) groups is 1. The van der Waals surface area contributed by atoms with Gasteiger partial charge in [0.1, 0.15) is 5.01 Å². The summed E-state index contributed by atoms with van der Waals surface area (Å²) in [5.74, 6) is 0.0773. The Morgan fingerprint density at radius 2 is 2.11 bits per heavy atom. The molecule has 0 radical (unpaired) electrons. The molecule has 0 aliphatic heterocycles. The van der Waals surface area contributed by atoms with Crippen LogP contribution < -0.4 is 5.32 Å². The molecule has 0 spiro atoms. The number of pyridine rings is 1. The van der Waals surface area contributed by atoms with E-state index in [1.807, 2.05) is 31.4 Å². The second-order valence-corrected chi connectivity index (χ2v) is 5.46. The summed E-state index contributed by atoms with van der Waals surface area (Å²) in [4.78, 5) is 20.1. The fourth-order valence-corrected chi connectivity index (χ4v) is 2.54. The Bertz CT molecular complexity index is 537. The Balaban J connectivity index is 1.93. The molecule has 0 saturated heterocycles. The third-order valence-electron chi connectivity index (χ3n) is 2.54. The maximum atomic E-state index is 11.6. The third-order valence-corrected chi connectivity index (χ3v) is 3.48. The molecule has 0 aliphatic carbocycles. The van der Waals surface area contributed by atoms with E-state index >= 15 is 0 Å². The smallest absolute Gasteiger partial charge is 0.220 e. The zero-order chi connectivity index (χ0) is 13.7. The van der Waals surface area contributed by atoms with Crippen LogP contribution in [0.2, 0.25) is 0 Å². The Hall–Kier alpha value is -1.75. The molecule has 100 valence electrons. The van der Waals surface area contributed by atoms with E-state index in [1.165, 1.54) is 0 Å². The highest BCUT2D eigenvalue weighted by atomic mass is 32.1. The van der Waals surface area contributed by atoms with E-state index in [9.17, 15) is 4.79 Å². The van der Waals surface area contributed by atoms with Gasteiger partial charge in [0, 0.05) is 35.8 Å². The standard InChI is InChI=1S/C14H17N3OS/c1-10(2)16-13(18)4-3-12-9-19-14(17-12)11-5-7-15-8-6-11/h5-10H,3-4H2,1-2H3,(H,16,18). The maximum absolute atomic E-state index is 11.6. The van der Waals surface area contributed by atoms with Gasteiger partial charge in [-0.3, -0.25) is 9.78 Å². The minimum atomic E-state index is 0.0773. The lowest BCUT2D eigenvalue weighted by atomic mass is 10.2. The predicted molar refractivity (Wildman–Crippen MR) is 76.9 cm³/mol. The van der Waals surface area contributed by atoms with Crippen molar-refractivity contribution < 1.29 is 4.79 Å². The monoisotopic (exact) mass is 275 g/mol. The van der Waals surface area contributed by atoms with Gasteiger partial charge in [-0.25, -0.2) is 4.98 Å². The number of aromatic nitrogens is 2. The van der Waals surface area contributed by atoms with E-state index in [4.69, 9.17) is 0 Å². The zero-order valence-corrected chi connectivity index (χ0v) is 11.9. The Morgan fingerprint density at radius 3 is 2.79 bits per heavy atom. The highest BCUT2D eigenvalue weighted by Crippen LogP contribution is 2.23. The van der Waals surface area contributed by atoms with Gasteiger partial charge in [-0.2, -0.15) is 0 Å². The molecule has 2 aromatic rings. The van der Waals surface area contributed by atoms with E-state index < -0.39 is 0 Å². The molecule has 0 bridgehead atoms. The zero-order valence-electron chi connectivity index (χ0n) is 11.1. The summed E-state index contributed by atoms with van der Waals surface area (Å²) in [5, 5.41) is 5.87. The second-order valence-electron chi connectivity index (χ2n) is 4.60. The lowest BCUT2D eigenvalue weighted by Crippen LogP contribution is -2.30. The SMILES string of the molecule is CC(C)NC(=O)CCc1csc(-c2ccncc2)n1. The van der Waals surface area contributed by atoms with Crippen molar-refractivity contribution in [2.75, 3.05) is 0 Å². The van der Waals surface area contributed by atoms with Crippen LogP contribution in [0.25, 0.3) is 10.6 Å². The molecule has 1 N–H and O–H groups in total. The van der Waals surface area contributed by atoms with Crippen LogP contribution in [0.1, 0.15) is 26.0 Å². The van der Waals surface area contributed by atoms with E-state index in [1.54, 1.807) is 23.7 Å². The number of amides is 1. The lowest BCUT2D eigenvalue weighted by molar-refractivity contribution is -0.121. The van der Waals surface area contributed by atoms with Crippen LogP contribution in [-0.2, 0) is 11.2 Å². The second kappa shape index (κ2) is 6.43. The van der Waals surface area contributed by atoms with Crippen molar-refractivity contribution in [3.63, 3.8) is 0 Å². The molecule has 0 aromatic carbocycles. The van der Waals surface area contributed by atoms with Gasteiger partial charge in [-0.15, -0.1) is 11.3 Å². The van der Waals surface area contributed by atoms with Crippen LogP contribution in [0.4, 0.5) is 0 Å². The van der Waals surface area contributed by atoms with Crippen LogP contribution in [-0.4, -0.2) is 21.9 Å². The van der Waals surface area contributed by atoms with Crippen molar-refractivity contribution in [1.82, 2.24) is 15.3 Å². The molecule has 0 fully saturated rings. The van der Waals surface area contributed by atoms with Gasteiger partial charge in [0.2, 0.25) is 5.91 Å². The Labute approximate surface area is 116 Å². The molecule has 2 aromatic heterocycles. The lowest BCUT2D eigenvalue weighted by Gasteiger charge is -2.06. The summed E-state index contributed by atoms with van der Waals surface area (Å²) in [7, 11) is 0. The minimum Gasteiger partial charge on any atom is -0.354 e. The average Bonchev–Trinajstić information content (AvgIpc) is 2.85. The number of thiazole rings is 1. The molecule has 0 atom stereocenters. The predicted octanol–water partition coefficient (Wildman–Crippen LogP) is 2.66. The first kappa shape index (κ1) is 13.7. The number of nitrogens with zero attached hydrogens (tertiary/aromatic N) is 2. The highest BCUT2D eigenvalue weighted by molar-refractivity contribution is 7.13. The molecular formula is C14H17N3OS. The largest absolute Gasteiger partial charge is 0.354 e. The van der Waals surface area contributed by atoms with E-state index in [0.29, 0.717) is 12.8 Å². The summed E-state index contributed by atoms with van der Waals surface area (Å²) >= 11 is 1.60. The Morgan fingerprint density at radius 1 is 1.37 bits per heavy atom. The van der Waals surface area contributed by atoms with Gasteiger partial charge in [0.15, 0.2) is 0 Å². The molecule has 2 heterocycles. The van der Waals surface area contributed by atoms with Crippen LogP contribution in [0.15, 0.2) is 29.9 Å². The van der Waals surface area contributed by atoms with Crippen molar-refractivity contribution in [3.05, 3.63) is 35.6 Å². The van der Waals surface area contributed by atoms with Crippen molar-refractivity contribution >= 4 is 17.2 Å². The summed E-state index contributed by atoms with van der Waals surface area (Å²) < 4.78 is 0. The number of aryl methyl sites for hydroxylation is 1. The third kappa shape index (κ3) is 4.13. The summed E-state index contributed by atoms with van der Waals surface area (Å²) in [5.41, 5.74) is 2.04. The van der Waals surface area contributed by atoms with Gasteiger partial charge in [-0.05, 0) is 32.4 Å². The van der Waals surface area contributed by atoms with Crippen molar-refractivity contribution in [3.8, 4) is 10.6 Å².